The molecular weight excluding hydrogens is 265 g/mol. The summed E-state index contributed by atoms with van der Waals surface area (Å²) < 4.78 is 6.55. The summed E-state index contributed by atoms with van der Waals surface area (Å²) in [6, 6.07) is 5.67. The lowest BCUT2D eigenvalue weighted by molar-refractivity contribution is 0.315. The minimum absolute atomic E-state index is 0.764. The maximum atomic E-state index is 5.60. The van der Waals surface area contributed by atoms with Crippen molar-refractivity contribution < 1.29 is 4.74 Å². The molecule has 3 heteroatoms. The van der Waals surface area contributed by atoms with Crippen LogP contribution < -0.4 is 10.5 Å². The van der Waals surface area contributed by atoms with Gasteiger partial charge >= 0.3 is 0 Å². The fourth-order valence-corrected chi connectivity index (χ4v) is 1.54. The van der Waals surface area contributed by atoms with E-state index in [1.165, 1.54) is 0 Å². The predicted molar refractivity (Wildman–Crippen MR) is 59.4 cm³/mol. The lowest BCUT2D eigenvalue weighted by Gasteiger charge is -2.06. The van der Waals surface area contributed by atoms with Gasteiger partial charge in [0.25, 0.3) is 0 Å². The molecule has 0 unspecified atom stereocenters. The molecule has 0 saturated carbocycles. The molecule has 2 N–H and O–H groups in total. The molecule has 0 bridgehead atoms. The highest BCUT2D eigenvalue weighted by atomic mass is 127. The third-order valence-electron chi connectivity index (χ3n) is 1.42. The second kappa shape index (κ2) is 4.54. The number of benzene rings is 1. The molecule has 0 radical (unpaired) electrons. The highest BCUT2D eigenvalue weighted by Crippen LogP contribution is 2.22. The van der Waals surface area contributed by atoms with Crippen LogP contribution in [0.25, 0.3) is 0 Å². The number of hydrogen-bond acceptors (Lipinski definition) is 2. The first-order valence-corrected chi connectivity index (χ1v) is 4.99. The van der Waals surface area contributed by atoms with Crippen molar-refractivity contribution in [2.75, 3.05) is 12.3 Å². The zero-order chi connectivity index (χ0) is 8.97. The third kappa shape index (κ3) is 2.55. The van der Waals surface area contributed by atoms with Crippen LogP contribution in [-0.4, -0.2) is 6.61 Å². The van der Waals surface area contributed by atoms with Crippen LogP contribution in [0.1, 0.15) is 13.3 Å². The van der Waals surface area contributed by atoms with Crippen molar-refractivity contribution in [2.24, 2.45) is 0 Å². The van der Waals surface area contributed by atoms with Gasteiger partial charge in [-0.3, -0.25) is 0 Å². The maximum absolute atomic E-state index is 5.60. The van der Waals surface area contributed by atoms with Crippen LogP contribution in [0.3, 0.4) is 0 Å². The Labute approximate surface area is 86.2 Å². The number of halogens is 1. The fourth-order valence-electron chi connectivity index (χ4n) is 0.846. The van der Waals surface area contributed by atoms with Crippen LogP contribution >= 0.6 is 22.6 Å². The first-order valence-electron chi connectivity index (χ1n) is 3.92. The number of hydrogen-bond donors (Lipinski definition) is 1. The molecule has 1 rings (SSSR count). The Morgan fingerprint density at radius 2 is 2.25 bits per heavy atom. The van der Waals surface area contributed by atoms with Gasteiger partial charge in [-0.2, -0.15) is 0 Å². The first-order chi connectivity index (χ1) is 5.74. The summed E-state index contributed by atoms with van der Waals surface area (Å²) in [6.07, 6.45) is 1.03. The van der Waals surface area contributed by atoms with Crippen molar-refractivity contribution in [3.63, 3.8) is 0 Å². The van der Waals surface area contributed by atoms with Crippen LogP contribution in [0.15, 0.2) is 18.2 Å². The van der Waals surface area contributed by atoms with Gasteiger partial charge in [0, 0.05) is 5.69 Å². The zero-order valence-corrected chi connectivity index (χ0v) is 9.17. The van der Waals surface area contributed by atoms with E-state index in [9.17, 15) is 0 Å². The van der Waals surface area contributed by atoms with Crippen LogP contribution in [0.5, 0.6) is 5.75 Å². The monoisotopic (exact) mass is 277 g/mol. The molecule has 0 aliphatic carbocycles. The minimum atomic E-state index is 0.764. The van der Waals surface area contributed by atoms with Gasteiger partial charge in [-0.05, 0) is 47.2 Å². The smallest absolute Gasteiger partial charge is 0.132 e. The number of rotatable bonds is 3. The first kappa shape index (κ1) is 9.64. The van der Waals surface area contributed by atoms with E-state index in [-0.39, 0.29) is 0 Å². The lowest BCUT2D eigenvalue weighted by atomic mass is 10.3. The number of anilines is 1. The summed E-state index contributed by atoms with van der Waals surface area (Å²) in [5, 5.41) is 0. The second-order valence-electron chi connectivity index (χ2n) is 2.54. The van der Waals surface area contributed by atoms with E-state index in [1.807, 2.05) is 18.2 Å². The summed E-state index contributed by atoms with van der Waals surface area (Å²) in [4.78, 5) is 0. The number of nitrogen functional groups attached to an aromatic ring is 1. The van der Waals surface area contributed by atoms with Crippen molar-refractivity contribution >= 4 is 28.3 Å². The highest BCUT2D eigenvalue weighted by Gasteiger charge is 1.99. The molecule has 1 aromatic rings. The summed E-state index contributed by atoms with van der Waals surface area (Å²) >= 11 is 2.22. The van der Waals surface area contributed by atoms with Gasteiger partial charge in [0.15, 0.2) is 0 Å². The highest BCUT2D eigenvalue weighted by molar-refractivity contribution is 14.1. The normalized spacial score (nSPS) is 9.83. The minimum Gasteiger partial charge on any atom is -0.492 e. The molecular formula is C9H12INO. The van der Waals surface area contributed by atoms with Gasteiger partial charge in [-0.1, -0.05) is 6.92 Å². The lowest BCUT2D eigenvalue weighted by Crippen LogP contribution is -1.97. The van der Waals surface area contributed by atoms with Crippen molar-refractivity contribution in [3.8, 4) is 5.75 Å². The van der Waals surface area contributed by atoms with E-state index < -0.39 is 0 Å². The van der Waals surface area contributed by atoms with E-state index >= 15 is 0 Å². The molecule has 12 heavy (non-hydrogen) atoms. The molecule has 0 heterocycles. The SMILES string of the molecule is CCCOc1ccc(N)cc1I. The van der Waals surface area contributed by atoms with E-state index in [0.29, 0.717) is 0 Å². The molecule has 2 nitrogen and oxygen atoms in total. The van der Waals surface area contributed by atoms with Gasteiger partial charge in [0.05, 0.1) is 10.2 Å². The largest absolute Gasteiger partial charge is 0.492 e. The Kier molecular flexibility index (Phi) is 3.65. The van der Waals surface area contributed by atoms with Crippen LogP contribution in [0.4, 0.5) is 5.69 Å². The topological polar surface area (TPSA) is 35.2 Å². The molecule has 0 amide bonds. The van der Waals surface area contributed by atoms with Crippen LogP contribution in [-0.2, 0) is 0 Å². The van der Waals surface area contributed by atoms with E-state index in [1.54, 1.807) is 0 Å². The number of ether oxygens (including phenoxy) is 1. The van der Waals surface area contributed by atoms with E-state index in [0.717, 1.165) is 28.0 Å². The molecule has 0 aliphatic heterocycles. The summed E-state index contributed by atoms with van der Waals surface area (Å²) in [5.41, 5.74) is 6.38. The van der Waals surface area contributed by atoms with Crippen molar-refractivity contribution in [3.05, 3.63) is 21.8 Å². The second-order valence-corrected chi connectivity index (χ2v) is 3.70. The van der Waals surface area contributed by atoms with Gasteiger partial charge in [-0.15, -0.1) is 0 Å². The standard InChI is InChI=1S/C9H12INO/c1-2-5-12-9-4-3-7(11)6-8(9)10/h3-4,6H,2,5,11H2,1H3. The Bertz CT molecular complexity index is 263. The summed E-state index contributed by atoms with van der Waals surface area (Å²) in [6.45, 7) is 2.85. The van der Waals surface area contributed by atoms with Crippen molar-refractivity contribution in [1.29, 1.82) is 0 Å². The molecule has 0 atom stereocenters. The number of nitrogens with two attached hydrogens (primary N) is 1. The quantitative estimate of drug-likeness (QED) is 0.681. The van der Waals surface area contributed by atoms with Gasteiger partial charge in [0.2, 0.25) is 0 Å². The Hall–Kier alpha value is -0.450. The molecule has 0 spiro atoms. The Balaban J connectivity index is 2.72. The van der Waals surface area contributed by atoms with Crippen molar-refractivity contribution in [1.82, 2.24) is 0 Å². The summed E-state index contributed by atoms with van der Waals surface area (Å²) in [7, 11) is 0. The average molecular weight is 277 g/mol. The van der Waals surface area contributed by atoms with Gasteiger partial charge in [0.1, 0.15) is 5.75 Å². The fraction of sp³-hybridized carbons (Fsp3) is 0.333. The Morgan fingerprint density at radius 3 is 2.83 bits per heavy atom. The van der Waals surface area contributed by atoms with E-state index in [2.05, 4.69) is 29.5 Å². The molecule has 0 aliphatic rings. The van der Waals surface area contributed by atoms with Crippen molar-refractivity contribution in [2.45, 2.75) is 13.3 Å². The predicted octanol–water partition coefficient (Wildman–Crippen LogP) is 2.66. The third-order valence-corrected chi connectivity index (χ3v) is 2.26. The molecule has 0 aromatic heterocycles. The average Bonchev–Trinajstić information content (AvgIpc) is 2.03. The van der Waals surface area contributed by atoms with Gasteiger partial charge < -0.3 is 10.5 Å². The maximum Gasteiger partial charge on any atom is 0.132 e. The summed E-state index contributed by atoms with van der Waals surface area (Å²) in [5.74, 6) is 0.923. The van der Waals surface area contributed by atoms with Crippen LogP contribution in [0.2, 0.25) is 0 Å². The molecule has 0 fully saturated rings. The van der Waals surface area contributed by atoms with E-state index in [4.69, 9.17) is 10.5 Å². The Morgan fingerprint density at radius 1 is 1.50 bits per heavy atom. The molecule has 1 aromatic carbocycles. The van der Waals surface area contributed by atoms with Gasteiger partial charge in [-0.25, -0.2) is 0 Å². The van der Waals surface area contributed by atoms with Crippen LogP contribution in [0, 0.1) is 3.57 Å². The molecule has 66 valence electrons. The zero-order valence-electron chi connectivity index (χ0n) is 7.01. The molecule has 0 saturated heterocycles.